The zero-order valence-electron chi connectivity index (χ0n) is 10.9. The molecule has 6 nitrogen and oxygen atoms in total. The highest BCUT2D eigenvalue weighted by molar-refractivity contribution is 5.89. The third-order valence-electron chi connectivity index (χ3n) is 2.52. The molecule has 2 heterocycles. The number of imidazole rings is 1. The highest BCUT2D eigenvalue weighted by Crippen LogP contribution is 2.06. The van der Waals surface area contributed by atoms with E-state index < -0.39 is 0 Å². The van der Waals surface area contributed by atoms with Crippen molar-refractivity contribution >= 4 is 11.7 Å². The summed E-state index contributed by atoms with van der Waals surface area (Å²) in [5.41, 5.74) is 6.09. The molecular weight excluding hydrogens is 254 g/mol. The van der Waals surface area contributed by atoms with Crippen LogP contribution >= 0.6 is 0 Å². The van der Waals surface area contributed by atoms with Crippen molar-refractivity contribution in [2.45, 2.75) is 13.0 Å². The average molecular weight is 269 g/mol. The number of nitrogens with two attached hydrogens (primary N) is 1. The quantitative estimate of drug-likeness (QED) is 0.797. The zero-order chi connectivity index (χ0) is 14.2. The first-order valence-corrected chi connectivity index (χ1v) is 6.18. The molecule has 3 N–H and O–H groups in total. The Balaban J connectivity index is 1.90. The highest BCUT2D eigenvalue weighted by atomic mass is 16.1. The van der Waals surface area contributed by atoms with Crippen molar-refractivity contribution in [1.29, 1.82) is 0 Å². The van der Waals surface area contributed by atoms with Gasteiger partial charge in [0.1, 0.15) is 5.82 Å². The summed E-state index contributed by atoms with van der Waals surface area (Å²) in [5.74, 6) is 6.04. The van der Waals surface area contributed by atoms with Gasteiger partial charge in [-0.2, -0.15) is 0 Å². The van der Waals surface area contributed by atoms with E-state index in [1.807, 2.05) is 10.8 Å². The maximum atomic E-state index is 11.8. The predicted molar refractivity (Wildman–Crippen MR) is 75.6 cm³/mol. The maximum absolute atomic E-state index is 11.8. The second-order valence-corrected chi connectivity index (χ2v) is 4.03. The maximum Gasteiger partial charge on any atom is 0.227 e. The van der Waals surface area contributed by atoms with E-state index in [-0.39, 0.29) is 5.91 Å². The lowest BCUT2D eigenvalue weighted by atomic mass is 10.2. The predicted octanol–water partition coefficient (Wildman–Crippen LogP) is 0.617. The fourth-order valence-electron chi connectivity index (χ4n) is 1.58. The van der Waals surface area contributed by atoms with Crippen LogP contribution in [0.3, 0.4) is 0 Å². The molecule has 1 amide bonds. The van der Waals surface area contributed by atoms with E-state index >= 15 is 0 Å². The van der Waals surface area contributed by atoms with Gasteiger partial charge in [0.2, 0.25) is 5.91 Å². The van der Waals surface area contributed by atoms with E-state index in [4.69, 9.17) is 5.73 Å². The van der Waals surface area contributed by atoms with Crippen LogP contribution in [0.1, 0.15) is 12.0 Å². The number of carbonyl (C=O) groups is 1. The molecule has 0 atom stereocenters. The second-order valence-electron chi connectivity index (χ2n) is 4.03. The highest BCUT2D eigenvalue weighted by Gasteiger charge is 2.04. The molecule has 0 bridgehead atoms. The summed E-state index contributed by atoms with van der Waals surface area (Å²) in [7, 11) is 0. The summed E-state index contributed by atoms with van der Waals surface area (Å²) in [6, 6.07) is 3.49. The van der Waals surface area contributed by atoms with Crippen molar-refractivity contribution in [2.75, 3.05) is 11.9 Å². The van der Waals surface area contributed by atoms with E-state index in [9.17, 15) is 4.79 Å². The molecule has 0 aliphatic carbocycles. The van der Waals surface area contributed by atoms with Gasteiger partial charge in [0.05, 0.1) is 12.9 Å². The van der Waals surface area contributed by atoms with Crippen LogP contribution in [0.4, 0.5) is 5.82 Å². The first-order chi connectivity index (χ1) is 9.78. The third kappa shape index (κ3) is 4.23. The normalized spacial score (nSPS) is 9.65. The van der Waals surface area contributed by atoms with Crippen LogP contribution in [0.15, 0.2) is 37.1 Å². The Bertz CT molecular complexity index is 625. The van der Waals surface area contributed by atoms with Gasteiger partial charge in [-0.05, 0) is 12.1 Å². The van der Waals surface area contributed by atoms with Crippen LogP contribution in [-0.4, -0.2) is 27.0 Å². The lowest BCUT2D eigenvalue weighted by Gasteiger charge is -2.05. The van der Waals surface area contributed by atoms with Crippen LogP contribution in [-0.2, 0) is 11.3 Å². The fourth-order valence-corrected chi connectivity index (χ4v) is 1.58. The standard InChI is InChI=1S/C14H15N5O/c15-5-1-2-12-3-6-17-13(10-12)18-14(20)4-8-19-9-7-16-11-19/h3,6-7,9-11H,4-5,8,15H2,(H,17,18,20). The molecule has 0 saturated heterocycles. The van der Waals surface area contributed by atoms with E-state index in [0.29, 0.717) is 25.3 Å². The molecule has 0 unspecified atom stereocenters. The summed E-state index contributed by atoms with van der Waals surface area (Å²) in [6.45, 7) is 0.882. The van der Waals surface area contributed by atoms with Crippen molar-refractivity contribution in [3.05, 3.63) is 42.6 Å². The van der Waals surface area contributed by atoms with Crippen LogP contribution in [0.25, 0.3) is 0 Å². The first kappa shape index (κ1) is 13.8. The van der Waals surface area contributed by atoms with Crippen LogP contribution in [0, 0.1) is 11.8 Å². The fraction of sp³-hybridized carbons (Fsp3) is 0.214. The molecule has 2 aromatic heterocycles. The number of amides is 1. The average Bonchev–Trinajstić information content (AvgIpc) is 2.97. The number of hydrogen-bond acceptors (Lipinski definition) is 4. The number of nitrogens with one attached hydrogen (secondary N) is 1. The molecule has 0 aliphatic rings. The number of rotatable bonds is 4. The third-order valence-corrected chi connectivity index (χ3v) is 2.52. The van der Waals surface area contributed by atoms with Gasteiger partial charge < -0.3 is 15.6 Å². The van der Waals surface area contributed by atoms with Gasteiger partial charge in [0, 0.05) is 37.1 Å². The minimum Gasteiger partial charge on any atom is -0.337 e. The number of carbonyl (C=O) groups excluding carboxylic acids is 1. The minimum absolute atomic E-state index is 0.102. The molecule has 2 rings (SSSR count). The monoisotopic (exact) mass is 269 g/mol. The summed E-state index contributed by atoms with van der Waals surface area (Å²) >= 11 is 0. The Morgan fingerprint density at radius 2 is 2.35 bits per heavy atom. The van der Waals surface area contributed by atoms with Crippen molar-refractivity contribution < 1.29 is 4.79 Å². The molecule has 102 valence electrons. The molecule has 0 aliphatic heterocycles. The van der Waals surface area contributed by atoms with Crippen molar-refractivity contribution in [1.82, 2.24) is 14.5 Å². The zero-order valence-corrected chi connectivity index (χ0v) is 10.9. The molecule has 0 aromatic carbocycles. The number of aromatic nitrogens is 3. The van der Waals surface area contributed by atoms with Gasteiger partial charge in [0.25, 0.3) is 0 Å². The van der Waals surface area contributed by atoms with E-state index in [1.165, 1.54) is 0 Å². The number of aryl methyl sites for hydroxylation is 1. The molecule has 20 heavy (non-hydrogen) atoms. The van der Waals surface area contributed by atoms with Crippen LogP contribution < -0.4 is 11.1 Å². The van der Waals surface area contributed by atoms with Gasteiger partial charge in [-0.15, -0.1) is 0 Å². The lowest BCUT2D eigenvalue weighted by molar-refractivity contribution is -0.116. The molecule has 0 fully saturated rings. The van der Waals surface area contributed by atoms with Crippen molar-refractivity contribution in [3.63, 3.8) is 0 Å². The van der Waals surface area contributed by atoms with Crippen molar-refractivity contribution in [3.8, 4) is 11.8 Å². The number of hydrogen-bond donors (Lipinski definition) is 2. The van der Waals surface area contributed by atoms with Gasteiger partial charge in [-0.3, -0.25) is 4.79 Å². The summed E-state index contributed by atoms with van der Waals surface area (Å²) in [5, 5.41) is 2.74. The van der Waals surface area contributed by atoms with Crippen LogP contribution in [0.5, 0.6) is 0 Å². The van der Waals surface area contributed by atoms with Crippen LogP contribution in [0.2, 0.25) is 0 Å². The minimum atomic E-state index is -0.102. The number of pyridine rings is 1. The summed E-state index contributed by atoms with van der Waals surface area (Å²) < 4.78 is 1.84. The van der Waals surface area contributed by atoms with Gasteiger partial charge in [0.15, 0.2) is 0 Å². The van der Waals surface area contributed by atoms with E-state index in [1.54, 1.807) is 30.9 Å². The van der Waals surface area contributed by atoms with Gasteiger partial charge >= 0.3 is 0 Å². The van der Waals surface area contributed by atoms with Crippen molar-refractivity contribution in [2.24, 2.45) is 5.73 Å². The Kier molecular flexibility index (Phi) is 4.87. The lowest BCUT2D eigenvalue weighted by Crippen LogP contribution is -2.14. The number of nitrogens with zero attached hydrogens (tertiary/aromatic N) is 3. The number of anilines is 1. The first-order valence-electron chi connectivity index (χ1n) is 6.18. The largest absolute Gasteiger partial charge is 0.337 e. The smallest absolute Gasteiger partial charge is 0.227 e. The molecular formula is C14H15N5O. The molecule has 6 heteroatoms. The Morgan fingerprint density at radius 1 is 1.45 bits per heavy atom. The Labute approximate surface area is 117 Å². The molecule has 0 spiro atoms. The van der Waals surface area contributed by atoms with E-state index in [0.717, 1.165) is 5.56 Å². The Hall–Kier alpha value is -2.65. The topological polar surface area (TPSA) is 85.8 Å². The Morgan fingerprint density at radius 3 is 3.10 bits per heavy atom. The summed E-state index contributed by atoms with van der Waals surface area (Å²) in [4.78, 5) is 19.8. The van der Waals surface area contributed by atoms with Gasteiger partial charge in [-0.1, -0.05) is 11.8 Å². The SMILES string of the molecule is NCC#Cc1ccnc(NC(=O)CCn2ccnc2)c1. The van der Waals surface area contributed by atoms with Gasteiger partial charge in [-0.25, -0.2) is 9.97 Å². The summed E-state index contributed by atoms with van der Waals surface area (Å²) in [6.07, 6.45) is 7.13. The second kappa shape index (κ2) is 7.07. The molecule has 0 radical (unpaired) electrons. The molecule has 2 aromatic rings. The van der Waals surface area contributed by atoms with E-state index in [2.05, 4.69) is 27.1 Å². The molecule has 0 saturated carbocycles.